The van der Waals surface area contributed by atoms with Crippen molar-refractivity contribution in [3.63, 3.8) is 0 Å². The molecule has 0 bridgehead atoms. The van der Waals surface area contributed by atoms with Crippen LogP contribution in [0.15, 0.2) is 30.3 Å². The summed E-state index contributed by atoms with van der Waals surface area (Å²) >= 11 is 0. The summed E-state index contributed by atoms with van der Waals surface area (Å²) in [5.41, 5.74) is 7.05. The quantitative estimate of drug-likeness (QED) is 0.751. The molecule has 0 aliphatic heterocycles. The lowest BCUT2D eigenvalue weighted by molar-refractivity contribution is 0.203. The number of nitrogens with two attached hydrogens (primary N) is 1. The van der Waals surface area contributed by atoms with Gasteiger partial charge in [0, 0.05) is 12.0 Å². The summed E-state index contributed by atoms with van der Waals surface area (Å²) in [6.07, 6.45) is 2.13. The monoisotopic (exact) mass is 191 g/mol. The predicted octanol–water partition coefficient (Wildman–Crippen LogP) is 1.19. The van der Waals surface area contributed by atoms with Gasteiger partial charge in [0.1, 0.15) is 0 Å². The molecule has 2 heteroatoms. The van der Waals surface area contributed by atoms with Gasteiger partial charge in [-0.1, -0.05) is 30.3 Å². The van der Waals surface area contributed by atoms with E-state index in [9.17, 15) is 5.11 Å². The van der Waals surface area contributed by atoms with Gasteiger partial charge < -0.3 is 10.8 Å². The van der Waals surface area contributed by atoms with Gasteiger partial charge in [0.25, 0.3) is 0 Å². The van der Waals surface area contributed by atoms with Crippen LogP contribution in [0, 0.1) is 11.3 Å². The zero-order valence-corrected chi connectivity index (χ0v) is 8.32. The second-order valence-corrected chi connectivity index (χ2v) is 4.32. The molecule has 1 aliphatic carbocycles. The van der Waals surface area contributed by atoms with Crippen LogP contribution in [-0.4, -0.2) is 18.3 Å². The topological polar surface area (TPSA) is 46.2 Å². The molecule has 0 aromatic heterocycles. The smallest absolute Gasteiger partial charge is 0.0502 e. The van der Waals surface area contributed by atoms with Gasteiger partial charge >= 0.3 is 0 Å². The van der Waals surface area contributed by atoms with Crippen LogP contribution in [0.2, 0.25) is 0 Å². The summed E-state index contributed by atoms with van der Waals surface area (Å²) in [5, 5.41) is 9.22. The number of hydrogen-bond donors (Lipinski definition) is 2. The van der Waals surface area contributed by atoms with E-state index in [1.54, 1.807) is 0 Å². The van der Waals surface area contributed by atoms with Gasteiger partial charge in [-0.2, -0.15) is 0 Å². The highest BCUT2D eigenvalue weighted by atomic mass is 16.3. The van der Waals surface area contributed by atoms with Crippen molar-refractivity contribution in [3.05, 3.63) is 35.9 Å². The van der Waals surface area contributed by atoms with Gasteiger partial charge in [-0.15, -0.1) is 0 Å². The second kappa shape index (κ2) is 3.71. The molecule has 2 unspecified atom stereocenters. The molecule has 2 nitrogen and oxygen atoms in total. The molecule has 1 saturated carbocycles. The molecule has 1 aliphatic rings. The van der Waals surface area contributed by atoms with Crippen LogP contribution in [0.3, 0.4) is 0 Å². The number of hydrogen-bond acceptors (Lipinski definition) is 2. The first-order valence-corrected chi connectivity index (χ1v) is 5.15. The average Bonchev–Trinajstić information content (AvgIpc) is 2.94. The van der Waals surface area contributed by atoms with Crippen LogP contribution in [0.25, 0.3) is 0 Å². The minimum Gasteiger partial charge on any atom is -0.396 e. The van der Waals surface area contributed by atoms with Crippen LogP contribution in [0.5, 0.6) is 0 Å². The van der Waals surface area contributed by atoms with Gasteiger partial charge in [-0.05, 0) is 24.3 Å². The number of benzene rings is 1. The lowest BCUT2D eigenvalue weighted by Gasteiger charge is -2.10. The van der Waals surface area contributed by atoms with Crippen molar-refractivity contribution in [2.45, 2.75) is 12.8 Å². The van der Waals surface area contributed by atoms with E-state index in [2.05, 4.69) is 24.3 Å². The molecular formula is C12H17NO. The summed E-state index contributed by atoms with van der Waals surface area (Å²) in [5.74, 6) is 0.583. The zero-order valence-electron chi connectivity index (χ0n) is 8.32. The van der Waals surface area contributed by atoms with Gasteiger partial charge in [0.2, 0.25) is 0 Å². The molecular weight excluding hydrogens is 174 g/mol. The van der Waals surface area contributed by atoms with E-state index in [-0.39, 0.29) is 12.0 Å². The fourth-order valence-electron chi connectivity index (χ4n) is 2.13. The van der Waals surface area contributed by atoms with Crippen molar-refractivity contribution in [2.75, 3.05) is 13.2 Å². The summed E-state index contributed by atoms with van der Waals surface area (Å²) in [6.45, 7) is 0.849. The third-order valence-electron chi connectivity index (χ3n) is 3.41. The van der Waals surface area contributed by atoms with Crippen LogP contribution in [0.4, 0.5) is 0 Å². The molecule has 1 fully saturated rings. The van der Waals surface area contributed by atoms with Crippen LogP contribution < -0.4 is 5.73 Å². The average molecular weight is 191 g/mol. The first kappa shape index (κ1) is 9.69. The molecule has 76 valence electrons. The maximum absolute atomic E-state index is 9.22. The normalized spacial score (nSPS) is 30.3. The lowest BCUT2D eigenvalue weighted by atomic mass is 10.0. The Morgan fingerprint density at radius 1 is 1.36 bits per heavy atom. The van der Waals surface area contributed by atoms with Gasteiger partial charge in [0.05, 0.1) is 6.61 Å². The van der Waals surface area contributed by atoms with Crippen LogP contribution in [0.1, 0.15) is 12.0 Å². The Balaban J connectivity index is 1.96. The van der Waals surface area contributed by atoms with Crippen molar-refractivity contribution in [3.8, 4) is 0 Å². The highest BCUT2D eigenvalue weighted by Crippen LogP contribution is 2.52. The molecule has 1 aromatic carbocycles. The fourth-order valence-corrected chi connectivity index (χ4v) is 2.13. The molecule has 14 heavy (non-hydrogen) atoms. The van der Waals surface area contributed by atoms with E-state index in [0.29, 0.717) is 12.5 Å². The van der Waals surface area contributed by atoms with E-state index in [1.807, 2.05) is 6.07 Å². The number of rotatable bonds is 4. The summed E-state index contributed by atoms with van der Waals surface area (Å²) < 4.78 is 0. The van der Waals surface area contributed by atoms with E-state index in [1.165, 1.54) is 5.56 Å². The molecule has 0 spiro atoms. The summed E-state index contributed by atoms with van der Waals surface area (Å²) in [4.78, 5) is 0. The Morgan fingerprint density at radius 3 is 2.57 bits per heavy atom. The van der Waals surface area contributed by atoms with Crippen molar-refractivity contribution in [2.24, 2.45) is 17.1 Å². The second-order valence-electron chi connectivity index (χ2n) is 4.32. The number of aliphatic hydroxyl groups is 1. The standard InChI is InChI=1S/C12H17NO/c13-8-12(9-14)7-11(12)6-10-4-2-1-3-5-10/h1-5,11,14H,6-9,13H2. The highest BCUT2D eigenvalue weighted by Gasteiger charge is 2.51. The van der Waals surface area contributed by atoms with Crippen LogP contribution >= 0.6 is 0 Å². The van der Waals surface area contributed by atoms with E-state index < -0.39 is 0 Å². The molecule has 1 aromatic rings. The Labute approximate surface area is 84.7 Å². The molecule has 3 N–H and O–H groups in total. The van der Waals surface area contributed by atoms with Gasteiger partial charge in [-0.3, -0.25) is 0 Å². The molecule has 0 saturated heterocycles. The Hall–Kier alpha value is -0.860. The Morgan fingerprint density at radius 2 is 2.07 bits per heavy atom. The predicted molar refractivity (Wildman–Crippen MR) is 56.8 cm³/mol. The third kappa shape index (κ3) is 1.68. The molecule has 0 radical (unpaired) electrons. The first-order chi connectivity index (χ1) is 6.80. The highest BCUT2D eigenvalue weighted by molar-refractivity contribution is 5.18. The third-order valence-corrected chi connectivity index (χ3v) is 3.41. The van der Waals surface area contributed by atoms with Gasteiger partial charge in [-0.25, -0.2) is 0 Å². The zero-order chi connectivity index (χ0) is 10.0. The summed E-state index contributed by atoms with van der Waals surface area (Å²) in [6, 6.07) is 10.4. The van der Waals surface area contributed by atoms with Gasteiger partial charge in [0.15, 0.2) is 0 Å². The molecule has 2 rings (SSSR count). The Bertz CT molecular complexity index is 292. The van der Waals surface area contributed by atoms with E-state index in [0.717, 1.165) is 12.8 Å². The van der Waals surface area contributed by atoms with Crippen molar-refractivity contribution >= 4 is 0 Å². The maximum atomic E-state index is 9.22. The largest absolute Gasteiger partial charge is 0.396 e. The first-order valence-electron chi connectivity index (χ1n) is 5.15. The molecule has 2 atom stereocenters. The van der Waals surface area contributed by atoms with E-state index in [4.69, 9.17) is 5.73 Å². The lowest BCUT2D eigenvalue weighted by Crippen LogP contribution is -2.22. The van der Waals surface area contributed by atoms with Crippen molar-refractivity contribution in [1.82, 2.24) is 0 Å². The molecule has 0 heterocycles. The van der Waals surface area contributed by atoms with Crippen LogP contribution in [-0.2, 0) is 6.42 Å². The Kier molecular flexibility index (Phi) is 2.57. The fraction of sp³-hybridized carbons (Fsp3) is 0.500. The maximum Gasteiger partial charge on any atom is 0.0502 e. The SMILES string of the molecule is NCC1(CO)CC1Cc1ccccc1. The summed E-state index contributed by atoms with van der Waals surface area (Å²) in [7, 11) is 0. The van der Waals surface area contributed by atoms with E-state index >= 15 is 0 Å². The molecule has 0 amide bonds. The van der Waals surface area contributed by atoms with Crippen molar-refractivity contribution in [1.29, 1.82) is 0 Å². The minimum absolute atomic E-state index is 0.0375. The minimum atomic E-state index is 0.0375. The van der Waals surface area contributed by atoms with Crippen molar-refractivity contribution < 1.29 is 5.11 Å². The number of aliphatic hydroxyl groups excluding tert-OH is 1.